The van der Waals surface area contributed by atoms with Crippen LogP contribution in [0.5, 0.6) is 0 Å². The van der Waals surface area contributed by atoms with E-state index in [-0.39, 0.29) is 24.8 Å². The average molecular weight is 412 g/mol. The standard InChI is InChI=1S/C21H26F2O6/c1-18-4-3-10(25)5-13(18)14(22)6-12-11-7-15(26)21(29,17(28)9-24)19(11,2)8-16(27)20(12,18)23/h3-5,11-12,14-16,24,26-27,29H,6-9H2,1-2H3/t11-,12-,14?,15?,16-,18-,19-,20-,21-/m0/s1. The molecule has 0 aromatic heterocycles. The summed E-state index contributed by atoms with van der Waals surface area (Å²) < 4.78 is 32.0. The maximum Gasteiger partial charge on any atom is 0.192 e. The van der Waals surface area contributed by atoms with Gasteiger partial charge >= 0.3 is 0 Å². The molecular weight excluding hydrogens is 386 g/mol. The van der Waals surface area contributed by atoms with Gasteiger partial charge in [0, 0.05) is 16.7 Å². The summed E-state index contributed by atoms with van der Waals surface area (Å²) >= 11 is 0. The van der Waals surface area contributed by atoms with Crippen molar-refractivity contribution in [1.29, 1.82) is 0 Å². The molecule has 0 aliphatic heterocycles. The lowest BCUT2D eigenvalue weighted by Gasteiger charge is -2.62. The van der Waals surface area contributed by atoms with Crippen LogP contribution in [0.3, 0.4) is 0 Å². The second-order valence-electron chi connectivity index (χ2n) is 9.46. The fourth-order valence-corrected chi connectivity index (χ4v) is 6.84. The minimum Gasteiger partial charge on any atom is -0.390 e. The third-order valence-corrected chi connectivity index (χ3v) is 8.42. The van der Waals surface area contributed by atoms with Crippen molar-refractivity contribution in [3.63, 3.8) is 0 Å². The van der Waals surface area contributed by atoms with Gasteiger partial charge in [-0.15, -0.1) is 0 Å². The van der Waals surface area contributed by atoms with Gasteiger partial charge in [-0.2, -0.15) is 0 Å². The Bertz CT molecular complexity index is 841. The fourth-order valence-electron chi connectivity index (χ4n) is 6.84. The number of allylic oxidation sites excluding steroid dienone is 4. The van der Waals surface area contributed by atoms with Crippen molar-refractivity contribution in [2.75, 3.05) is 6.61 Å². The predicted octanol–water partition coefficient (Wildman–Crippen LogP) is 0.569. The molecule has 0 amide bonds. The molecule has 0 aromatic rings. The van der Waals surface area contributed by atoms with Crippen LogP contribution in [0.15, 0.2) is 23.8 Å². The van der Waals surface area contributed by atoms with E-state index >= 15 is 8.78 Å². The highest BCUT2D eigenvalue weighted by Gasteiger charge is 2.77. The molecule has 0 aromatic carbocycles. The fraction of sp³-hybridized carbons (Fsp3) is 0.714. The lowest BCUT2D eigenvalue weighted by Crippen LogP contribution is -2.70. The van der Waals surface area contributed by atoms with Gasteiger partial charge in [0.1, 0.15) is 12.8 Å². The number of ketones is 2. The number of aliphatic hydroxyl groups excluding tert-OH is 3. The second kappa shape index (κ2) is 6.03. The van der Waals surface area contributed by atoms with Crippen LogP contribution < -0.4 is 0 Å². The van der Waals surface area contributed by atoms with E-state index in [4.69, 9.17) is 0 Å². The maximum atomic E-state index is 16.8. The molecule has 9 atom stereocenters. The molecule has 3 saturated carbocycles. The van der Waals surface area contributed by atoms with Crippen LogP contribution in [0, 0.1) is 22.7 Å². The van der Waals surface area contributed by atoms with Gasteiger partial charge in [-0.1, -0.05) is 13.0 Å². The lowest BCUT2D eigenvalue weighted by atomic mass is 9.44. The van der Waals surface area contributed by atoms with Crippen molar-refractivity contribution >= 4 is 11.6 Å². The van der Waals surface area contributed by atoms with E-state index in [0.29, 0.717) is 0 Å². The number of hydrogen-bond donors (Lipinski definition) is 4. The first-order valence-corrected chi connectivity index (χ1v) is 9.88. The van der Waals surface area contributed by atoms with E-state index in [2.05, 4.69) is 0 Å². The molecular formula is C21H26F2O6. The SMILES string of the molecule is C[C@]12C=CC(=O)C=C1C(F)C[C@H]1[C@@H]3CC(O)[C@](O)(C(=O)CO)[C@@]3(C)C[C@H](O)[C@@]12F. The first kappa shape index (κ1) is 20.8. The Morgan fingerprint density at radius 1 is 1.21 bits per heavy atom. The molecule has 0 spiro atoms. The average Bonchev–Trinajstić information content (AvgIpc) is 2.86. The Morgan fingerprint density at radius 3 is 2.48 bits per heavy atom. The third-order valence-electron chi connectivity index (χ3n) is 8.42. The largest absolute Gasteiger partial charge is 0.390 e. The van der Waals surface area contributed by atoms with Gasteiger partial charge in [-0.25, -0.2) is 8.78 Å². The number of carbonyl (C=O) groups excluding carboxylic acids is 2. The Hall–Kier alpha value is -1.48. The van der Waals surface area contributed by atoms with Crippen molar-refractivity contribution in [3.8, 4) is 0 Å². The summed E-state index contributed by atoms with van der Waals surface area (Å²) in [4.78, 5) is 24.2. The van der Waals surface area contributed by atoms with E-state index in [9.17, 15) is 30.0 Å². The molecule has 29 heavy (non-hydrogen) atoms. The van der Waals surface area contributed by atoms with Gasteiger partial charge < -0.3 is 20.4 Å². The van der Waals surface area contributed by atoms with Crippen LogP contribution in [0.2, 0.25) is 0 Å². The van der Waals surface area contributed by atoms with Crippen molar-refractivity contribution in [2.45, 2.75) is 62.8 Å². The van der Waals surface area contributed by atoms with E-state index < -0.39 is 70.5 Å². The number of alkyl halides is 2. The van der Waals surface area contributed by atoms with Crippen LogP contribution >= 0.6 is 0 Å². The number of rotatable bonds is 2. The number of halogens is 2. The van der Waals surface area contributed by atoms with Gasteiger partial charge in [0.15, 0.2) is 22.8 Å². The van der Waals surface area contributed by atoms with Crippen LogP contribution in [-0.2, 0) is 9.59 Å². The number of fused-ring (bicyclic) bond motifs is 5. The summed E-state index contributed by atoms with van der Waals surface area (Å²) in [6.07, 6.45) is -2.21. The zero-order valence-electron chi connectivity index (χ0n) is 16.3. The van der Waals surface area contributed by atoms with Crippen LogP contribution in [-0.4, -0.2) is 68.2 Å². The van der Waals surface area contributed by atoms with Crippen molar-refractivity contribution < 1.29 is 38.8 Å². The van der Waals surface area contributed by atoms with E-state index in [1.807, 2.05) is 0 Å². The van der Waals surface area contributed by atoms with Crippen molar-refractivity contribution in [3.05, 3.63) is 23.8 Å². The molecule has 0 bridgehead atoms. The van der Waals surface area contributed by atoms with E-state index in [0.717, 1.165) is 12.2 Å². The summed E-state index contributed by atoms with van der Waals surface area (Å²) in [5, 5.41) is 42.0. The van der Waals surface area contributed by atoms with E-state index in [1.165, 1.54) is 19.9 Å². The smallest absolute Gasteiger partial charge is 0.192 e. The third kappa shape index (κ3) is 2.18. The molecule has 160 valence electrons. The molecule has 0 saturated heterocycles. The predicted molar refractivity (Wildman–Crippen MR) is 97.1 cm³/mol. The number of Topliss-reactive ketones (excluding diaryl/α,β-unsaturated/α-hetero) is 1. The maximum absolute atomic E-state index is 16.8. The van der Waals surface area contributed by atoms with Crippen LogP contribution in [0.4, 0.5) is 8.78 Å². The molecule has 4 N–H and O–H groups in total. The first-order chi connectivity index (χ1) is 13.4. The van der Waals surface area contributed by atoms with Gasteiger partial charge in [-0.3, -0.25) is 9.59 Å². The Labute approximate surface area is 166 Å². The summed E-state index contributed by atoms with van der Waals surface area (Å²) in [6, 6.07) is 0. The second-order valence-corrected chi connectivity index (χ2v) is 9.46. The zero-order chi connectivity index (χ0) is 21.6. The Morgan fingerprint density at radius 2 is 1.86 bits per heavy atom. The number of aliphatic hydroxyl groups is 4. The van der Waals surface area contributed by atoms with Crippen molar-refractivity contribution in [2.24, 2.45) is 22.7 Å². The summed E-state index contributed by atoms with van der Waals surface area (Å²) in [6.45, 7) is 1.91. The highest BCUT2D eigenvalue weighted by Crippen LogP contribution is 2.69. The van der Waals surface area contributed by atoms with Crippen molar-refractivity contribution in [1.82, 2.24) is 0 Å². The monoisotopic (exact) mass is 412 g/mol. The molecule has 4 aliphatic rings. The molecule has 8 heteroatoms. The Kier molecular flexibility index (Phi) is 4.32. The number of hydrogen-bond acceptors (Lipinski definition) is 6. The summed E-state index contributed by atoms with van der Waals surface area (Å²) in [5.74, 6) is -3.37. The van der Waals surface area contributed by atoms with Gasteiger partial charge in [0.25, 0.3) is 0 Å². The van der Waals surface area contributed by atoms with Gasteiger partial charge in [0.05, 0.1) is 12.2 Å². The van der Waals surface area contributed by atoms with E-state index in [1.54, 1.807) is 0 Å². The molecule has 0 heterocycles. The molecule has 0 radical (unpaired) electrons. The zero-order valence-corrected chi connectivity index (χ0v) is 16.3. The number of carbonyl (C=O) groups is 2. The van der Waals surface area contributed by atoms with Crippen LogP contribution in [0.25, 0.3) is 0 Å². The van der Waals surface area contributed by atoms with Crippen LogP contribution in [0.1, 0.15) is 33.1 Å². The summed E-state index contributed by atoms with van der Waals surface area (Å²) in [7, 11) is 0. The topological polar surface area (TPSA) is 115 Å². The normalized spacial score (nSPS) is 53.7. The minimum atomic E-state index is -2.37. The first-order valence-electron chi connectivity index (χ1n) is 9.88. The highest BCUT2D eigenvalue weighted by molar-refractivity contribution is 6.01. The lowest BCUT2D eigenvalue weighted by molar-refractivity contribution is -0.226. The molecule has 4 aliphatic carbocycles. The summed E-state index contributed by atoms with van der Waals surface area (Å²) in [5.41, 5.74) is -7.76. The minimum absolute atomic E-state index is 0.0216. The molecule has 2 unspecified atom stereocenters. The van der Waals surface area contributed by atoms with Gasteiger partial charge in [-0.05, 0) is 49.8 Å². The molecule has 4 rings (SSSR count). The molecule has 6 nitrogen and oxygen atoms in total. The Balaban J connectivity index is 1.87. The quantitative estimate of drug-likeness (QED) is 0.527. The molecule has 3 fully saturated rings. The highest BCUT2D eigenvalue weighted by atomic mass is 19.1. The van der Waals surface area contributed by atoms with Gasteiger partial charge in [0.2, 0.25) is 0 Å².